The summed E-state index contributed by atoms with van der Waals surface area (Å²) in [5.41, 5.74) is 0.864. The quantitative estimate of drug-likeness (QED) is 0.807. The third-order valence-electron chi connectivity index (χ3n) is 3.86. The molecule has 1 aliphatic rings. The number of aliphatic hydroxyl groups excluding tert-OH is 1. The van der Waals surface area contributed by atoms with Crippen molar-refractivity contribution in [2.24, 2.45) is 5.92 Å². The Morgan fingerprint density at radius 2 is 2.05 bits per heavy atom. The maximum atomic E-state index is 11.9. The van der Waals surface area contributed by atoms with Gasteiger partial charge in [-0.05, 0) is 30.7 Å². The molecule has 0 saturated heterocycles. The van der Waals surface area contributed by atoms with E-state index in [9.17, 15) is 14.7 Å². The van der Waals surface area contributed by atoms with Crippen molar-refractivity contribution in [2.75, 3.05) is 7.11 Å². The van der Waals surface area contributed by atoms with Gasteiger partial charge < -0.3 is 19.9 Å². The predicted octanol–water partition coefficient (Wildman–Crippen LogP) is 1.62. The van der Waals surface area contributed by atoms with Gasteiger partial charge in [-0.3, -0.25) is 0 Å². The zero-order valence-electron chi connectivity index (χ0n) is 12.5. The summed E-state index contributed by atoms with van der Waals surface area (Å²) in [6, 6.07) is 8.49. The molecule has 1 aliphatic carbocycles. The van der Waals surface area contributed by atoms with E-state index >= 15 is 0 Å². The van der Waals surface area contributed by atoms with E-state index in [1.165, 1.54) is 7.11 Å². The van der Waals surface area contributed by atoms with E-state index in [0.29, 0.717) is 19.3 Å². The topological polar surface area (TPSA) is 84.9 Å². The van der Waals surface area contributed by atoms with Gasteiger partial charge in [0.1, 0.15) is 12.6 Å². The molecule has 22 heavy (non-hydrogen) atoms. The van der Waals surface area contributed by atoms with Crippen LogP contribution >= 0.6 is 0 Å². The Morgan fingerprint density at radius 3 is 2.64 bits per heavy atom. The predicted molar refractivity (Wildman–Crippen MR) is 78.9 cm³/mol. The highest BCUT2D eigenvalue weighted by Crippen LogP contribution is 2.28. The number of alkyl carbamates (subject to hydrolysis) is 1. The highest BCUT2D eigenvalue weighted by Gasteiger charge is 2.36. The molecule has 120 valence electrons. The van der Waals surface area contributed by atoms with Crippen molar-refractivity contribution in [2.45, 2.75) is 38.0 Å². The third-order valence-corrected chi connectivity index (χ3v) is 3.86. The van der Waals surface area contributed by atoms with Crippen LogP contribution in [0, 0.1) is 5.92 Å². The summed E-state index contributed by atoms with van der Waals surface area (Å²) in [5, 5.41) is 12.1. The average Bonchev–Trinajstić information content (AvgIpc) is 2.97. The van der Waals surface area contributed by atoms with Crippen LogP contribution in [0.1, 0.15) is 24.8 Å². The van der Waals surface area contributed by atoms with Gasteiger partial charge in [-0.15, -0.1) is 0 Å². The number of benzene rings is 1. The maximum Gasteiger partial charge on any atom is 0.408 e. The Labute approximate surface area is 129 Å². The number of hydrogen-bond acceptors (Lipinski definition) is 5. The van der Waals surface area contributed by atoms with Crippen LogP contribution in [0.2, 0.25) is 0 Å². The zero-order chi connectivity index (χ0) is 15.9. The fourth-order valence-corrected chi connectivity index (χ4v) is 2.68. The van der Waals surface area contributed by atoms with Crippen LogP contribution < -0.4 is 5.32 Å². The fourth-order valence-electron chi connectivity index (χ4n) is 2.68. The Hall–Kier alpha value is -2.08. The van der Waals surface area contributed by atoms with Crippen molar-refractivity contribution < 1.29 is 24.2 Å². The molecule has 0 spiro atoms. The Bertz CT molecular complexity index is 505. The molecular weight excluding hydrogens is 286 g/mol. The van der Waals surface area contributed by atoms with Crippen LogP contribution in [-0.4, -0.2) is 36.4 Å². The summed E-state index contributed by atoms with van der Waals surface area (Å²) in [6.45, 7) is 0.133. The molecule has 0 unspecified atom stereocenters. The van der Waals surface area contributed by atoms with Gasteiger partial charge in [-0.25, -0.2) is 9.59 Å². The smallest absolute Gasteiger partial charge is 0.408 e. The molecule has 0 radical (unpaired) electrons. The Balaban J connectivity index is 1.89. The van der Waals surface area contributed by atoms with Crippen molar-refractivity contribution in [1.82, 2.24) is 5.32 Å². The third kappa shape index (κ3) is 4.46. The molecule has 0 bridgehead atoms. The molecule has 0 aliphatic heterocycles. The number of nitrogens with one attached hydrogen (secondary N) is 1. The molecule has 0 heterocycles. The van der Waals surface area contributed by atoms with Crippen LogP contribution in [0.4, 0.5) is 4.79 Å². The number of amides is 1. The minimum absolute atomic E-state index is 0.133. The lowest BCUT2D eigenvalue weighted by Crippen LogP contribution is -2.46. The minimum atomic E-state index is -0.787. The van der Waals surface area contributed by atoms with E-state index in [1.807, 2.05) is 30.3 Å². The SMILES string of the molecule is COC(=O)[C@@H](NC(=O)OCc1ccccc1)[C@@H]1CC[C@H](O)C1. The molecule has 6 nitrogen and oxygen atoms in total. The zero-order valence-corrected chi connectivity index (χ0v) is 12.5. The number of aliphatic hydroxyl groups is 1. The molecule has 1 aromatic rings. The number of methoxy groups -OCH3 is 1. The van der Waals surface area contributed by atoms with Crippen LogP contribution in [0.15, 0.2) is 30.3 Å². The first-order valence-electron chi connectivity index (χ1n) is 7.33. The van der Waals surface area contributed by atoms with Crippen molar-refractivity contribution in [1.29, 1.82) is 0 Å². The van der Waals surface area contributed by atoms with Crippen molar-refractivity contribution in [3.8, 4) is 0 Å². The fraction of sp³-hybridized carbons (Fsp3) is 0.500. The summed E-state index contributed by atoms with van der Waals surface area (Å²) in [7, 11) is 1.28. The molecule has 1 aromatic carbocycles. The van der Waals surface area contributed by atoms with E-state index in [0.717, 1.165) is 5.56 Å². The number of esters is 1. The lowest BCUT2D eigenvalue weighted by Gasteiger charge is -2.22. The van der Waals surface area contributed by atoms with Gasteiger partial charge in [-0.1, -0.05) is 30.3 Å². The van der Waals surface area contributed by atoms with E-state index < -0.39 is 24.2 Å². The highest BCUT2D eigenvalue weighted by atomic mass is 16.6. The second kappa shape index (κ2) is 7.79. The first-order chi connectivity index (χ1) is 10.6. The number of hydrogen-bond donors (Lipinski definition) is 2. The van der Waals surface area contributed by atoms with E-state index in [4.69, 9.17) is 9.47 Å². The first kappa shape index (κ1) is 16.3. The van der Waals surface area contributed by atoms with Gasteiger partial charge in [0.05, 0.1) is 13.2 Å². The van der Waals surface area contributed by atoms with Gasteiger partial charge in [0.2, 0.25) is 0 Å². The van der Waals surface area contributed by atoms with Gasteiger partial charge >= 0.3 is 12.1 Å². The molecule has 0 aromatic heterocycles. The standard InChI is InChI=1S/C16H21NO5/c1-21-15(19)14(12-7-8-13(18)9-12)17-16(20)22-10-11-5-3-2-4-6-11/h2-6,12-14,18H,7-10H2,1H3,(H,17,20)/t12-,13+,14+/m1/s1. The first-order valence-corrected chi connectivity index (χ1v) is 7.33. The molecule has 1 amide bonds. The molecule has 1 fully saturated rings. The van der Waals surface area contributed by atoms with E-state index in [-0.39, 0.29) is 12.5 Å². The van der Waals surface area contributed by atoms with E-state index in [1.54, 1.807) is 0 Å². The van der Waals surface area contributed by atoms with Crippen molar-refractivity contribution in [3.05, 3.63) is 35.9 Å². The summed E-state index contributed by atoms with van der Waals surface area (Å²) >= 11 is 0. The summed E-state index contributed by atoms with van der Waals surface area (Å²) in [6.07, 6.45) is 0.664. The average molecular weight is 307 g/mol. The number of ether oxygens (including phenoxy) is 2. The van der Waals surface area contributed by atoms with Crippen molar-refractivity contribution >= 4 is 12.1 Å². The maximum absolute atomic E-state index is 11.9. The lowest BCUT2D eigenvalue weighted by atomic mass is 9.98. The second-order valence-electron chi connectivity index (χ2n) is 5.43. The Morgan fingerprint density at radius 1 is 1.32 bits per heavy atom. The molecule has 2 N–H and O–H groups in total. The molecule has 1 saturated carbocycles. The van der Waals surface area contributed by atoms with Crippen LogP contribution in [-0.2, 0) is 20.9 Å². The van der Waals surface area contributed by atoms with Gasteiger partial charge in [0.15, 0.2) is 0 Å². The highest BCUT2D eigenvalue weighted by molar-refractivity contribution is 5.81. The van der Waals surface area contributed by atoms with Gasteiger partial charge in [0, 0.05) is 0 Å². The number of carbonyl (C=O) groups is 2. The second-order valence-corrected chi connectivity index (χ2v) is 5.43. The lowest BCUT2D eigenvalue weighted by molar-refractivity contribution is -0.144. The van der Waals surface area contributed by atoms with Gasteiger partial charge in [-0.2, -0.15) is 0 Å². The molecular formula is C16H21NO5. The van der Waals surface area contributed by atoms with E-state index in [2.05, 4.69) is 5.32 Å². The summed E-state index contributed by atoms with van der Waals surface area (Å²) < 4.78 is 9.85. The van der Waals surface area contributed by atoms with Crippen LogP contribution in [0.5, 0.6) is 0 Å². The van der Waals surface area contributed by atoms with Crippen LogP contribution in [0.3, 0.4) is 0 Å². The summed E-state index contributed by atoms with van der Waals surface area (Å²) in [4.78, 5) is 23.7. The number of rotatable bonds is 5. The molecule has 3 atom stereocenters. The largest absolute Gasteiger partial charge is 0.467 e. The van der Waals surface area contributed by atoms with Gasteiger partial charge in [0.25, 0.3) is 0 Å². The summed E-state index contributed by atoms with van der Waals surface area (Å²) in [5.74, 6) is -0.650. The monoisotopic (exact) mass is 307 g/mol. The minimum Gasteiger partial charge on any atom is -0.467 e. The normalized spacial score (nSPS) is 21.9. The number of carbonyl (C=O) groups excluding carboxylic acids is 2. The van der Waals surface area contributed by atoms with Crippen molar-refractivity contribution in [3.63, 3.8) is 0 Å². The van der Waals surface area contributed by atoms with Crippen LogP contribution in [0.25, 0.3) is 0 Å². The molecule has 6 heteroatoms. The Kier molecular flexibility index (Phi) is 5.77. The molecule has 2 rings (SSSR count).